The zero-order valence-corrected chi connectivity index (χ0v) is 11.5. The average Bonchev–Trinajstić information content (AvgIpc) is 2.44. The minimum Gasteiger partial charge on any atom is -0.497 e. The molecule has 0 saturated carbocycles. The van der Waals surface area contributed by atoms with Crippen LogP contribution in [0, 0.1) is 0 Å². The normalized spacial score (nSPS) is 11.1. The van der Waals surface area contributed by atoms with Gasteiger partial charge < -0.3 is 18.5 Å². The Morgan fingerprint density at radius 3 is 2.17 bits per heavy atom. The molecule has 0 atom stereocenters. The van der Waals surface area contributed by atoms with Gasteiger partial charge in [-0.05, 0) is 18.2 Å². The maximum absolute atomic E-state index is 12.4. The molecule has 0 spiro atoms. The van der Waals surface area contributed by atoms with E-state index in [0.29, 0.717) is 5.75 Å². The summed E-state index contributed by atoms with van der Waals surface area (Å²) < 4.78 is 31.8. The van der Waals surface area contributed by atoms with Gasteiger partial charge >= 0.3 is 13.6 Å². The molecule has 0 amide bonds. The van der Waals surface area contributed by atoms with Gasteiger partial charge in [0, 0.05) is 14.2 Å². The van der Waals surface area contributed by atoms with Gasteiger partial charge in [-0.2, -0.15) is 0 Å². The van der Waals surface area contributed by atoms with Crippen molar-refractivity contribution < 1.29 is 27.9 Å². The minimum absolute atomic E-state index is 0.110. The molecule has 0 heterocycles. The third kappa shape index (κ3) is 2.72. The lowest BCUT2D eigenvalue weighted by Gasteiger charge is -2.17. The zero-order chi connectivity index (χ0) is 13.8. The highest BCUT2D eigenvalue weighted by molar-refractivity contribution is 7.62. The fourth-order valence-electron chi connectivity index (χ4n) is 1.42. The van der Waals surface area contributed by atoms with Crippen LogP contribution in [0.4, 0.5) is 0 Å². The second kappa shape index (κ2) is 6.00. The van der Waals surface area contributed by atoms with E-state index in [1.165, 1.54) is 40.6 Å². The van der Waals surface area contributed by atoms with Crippen LogP contribution < -0.4 is 10.0 Å². The lowest BCUT2D eigenvalue weighted by atomic mass is 10.2. The molecule has 0 saturated heterocycles. The van der Waals surface area contributed by atoms with E-state index in [9.17, 15) is 9.36 Å². The number of carbonyl (C=O) groups is 1. The SMILES string of the molecule is COC(=O)c1ccc(OC)cc1P(=O)(OC)OC. The summed E-state index contributed by atoms with van der Waals surface area (Å²) >= 11 is 0. The van der Waals surface area contributed by atoms with Crippen LogP contribution in [0.3, 0.4) is 0 Å². The van der Waals surface area contributed by atoms with Crippen molar-refractivity contribution in [3.8, 4) is 5.75 Å². The fourth-order valence-corrected chi connectivity index (χ4v) is 2.71. The summed E-state index contributed by atoms with van der Waals surface area (Å²) in [4.78, 5) is 11.6. The number of hydrogen-bond acceptors (Lipinski definition) is 6. The average molecular weight is 274 g/mol. The predicted octanol–water partition coefficient (Wildman–Crippen LogP) is 1.59. The molecule has 0 aliphatic rings. The highest BCUT2D eigenvalue weighted by Gasteiger charge is 2.31. The monoisotopic (exact) mass is 274 g/mol. The van der Waals surface area contributed by atoms with Crippen molar-refractivity contribution in [3.05, 3.63) is 23.8 Å². The Morgan fingerprint density at radius 1 is 1.11 bits per heavy atom. The summed E-state index contributed by atoms with van der Waals surface area (Å²) in [5.74, 6) is -0.186. The molecule has 1 rings (SSSR count). The van der Waals surface area contributed by atoms with Crippen LogP contribution in [0.1, 0.15) is 10.4 Å². The Hall–Kier alpha value is -1.36. The van der Waals surface area contributed by atoms with Crippen LogP contribution in [-0.2, 0) is 18.3 Å². The van der Waals surface area contributed by atoms with E-state index in [1.54, 1.807) is 6.07 Å². The first kappa shape index (κ1) is 14.7. The largest absolute Gasteiger partial charge is 0.497 e. The molecule has 100 valence electrons. The Balaban J connectivity index is 3.46. The number of benzene rings is 1. The first-order valence-corrected chi connectivity index (χ1v) is 6.55. The van der Waals surface area contributed by atoms with E-state index in [4.69, 9.17) is 13.8 Å². The molecule has 6 nitrogen and oxygen atoms in total. The third-order valence-corrected chi connectivity index (χ3v) is 4.31. The number of hydrogen-bond donors (Lipinski definition) is 0. The topological polar surface area (TPSA) is 71.1 Å². The molecular formula is C11H15O6P. The summed E-state index contributed by atoms with van der Waals surface area (Å²) in [5.41, 5.74) is 0.116. The Bertz CT molecular complexity index is 476. The summed E-state index contributed by atoms with van der Waals surface area (Å²) in [5, 5.41) is 0.110. The molecule has 0 fully saturated rings. The van der Waals surface area contributed by atoms with Crippen molar-refractivity contribution in [1.82, 2.24) is 0 Å². The molecule has 0 bridgehead atoms. The lowest BCUT2D eigenvalue weighted by molar-refractivity contribution is 0.0601. The molecule has 1 aromatic rings. The Labute approximate surface area is 105 Å². The van der Waals surface area contributed by atoms with Crippen LogP contribution in [0.25, 0.3) is 0 Å². The van der Waals surface area contributed by atoms with Crippen molar-refractivity contribution in [2.75, 3.05) is 28.4 Å². The number of rotatable bonds is 5. The van der Waals surface area contributed by atoms with Crippen LogP contribution in [0.2, 0.25) is 0 Å². The quantitative estimate of drug-likeness (QED) is 0.600. The summed E-state index contributed by atoms with van der Waals surface area (Å²) in [6.45, 7) is 0. The summed E-state index contributed by atoms with van der Waals surface area (Å²) in [7, 11) is 1.62. The van der Waals surface area contributed by atoms with Gasteiger partial charge in [-0.1, -0.05) is 0 Å². The van der Waals surface area contributed by atoms with Gasteiger partial charge in [0.1, 0.15) is 5.75 Å². The van der Waals surface area contributed by atoms with E-state index >= 15 is 0 Å². The van der Waals surface area contributed by atoms with E-state index < -0.39 is 13.6 Å². The zero-order valence-electron chi connectivity index (χ0n) is 10.6. The molecule has 7 heteroatoms. The molecule has 0 aromatic heterocycles. The van der Waals surface area contributed by atoms with Crippen molar-refractivity contribution in [2.45, 2.75) is 0 Å². The Morgan fingerprint density at radius 2 is 1.72 bits per heavy atom. The predicted molar refractivity (Wildman–Crippen MR) is 65.6 cm³/mol. The number of ether oxygens (including phenoxy) is 2. The van der Waals surface area contributed by atoms with Gasteiger partial charge in [-0.25, -0.2) is 4.79 Å². The summed E-state index contributed by atoms with van der Waals surface area (Å²) in [6, 6.07) is 4.44. The number of methoxy groups -OCH3 is 2. The lowest BCUT2D eigenvalue weighted by Crippen LogP contribution is -2.19. The maximum atomic E-state index is 12.4. The number of carbonyl (C=O) groups excluding carboxylic acids is 1. The van der Waals surface area contributed by atoms with Crippen molar-refractivity contribution in [3.63, 3.8) is 0 Å². The Kier molecular flexibility index (Phi) is 4.90. The van der Waals surface area contributed by atoms with Gasteiger partial charge in [-0.3, -0.25) is 4.57 Å². The highest BCUT2D eigenvalue weighted by Crippen LogP contribution is 2.46. The first-order chi connectivity index (χ1) is 8.52. The molecule has 1 aromatic carbocycles. The molecule has 18 heavy (non-hydrogen) atoms. The molecule has 0 aliphatic carbocycles. The van der Waals surface area contributed by atoms with Gasteiger partial charge in [0.25, 0.3) is 0 Å². The second-order valence-corrected chi connectivity index (χ2v) is 5.44. The van der Waals surface area contributed by atoms with Gasteiger partial charge in [-0.15, -0.1) is 0 Å². The van der Waals surface area contributed by atoms with Crippen LogP contribution in [0.5, 0.6) is 5.75 Å². The number of esters is 1. The molecule has 0 radical (unpaired) electrons. The van der Waals surface area contributed by atoms with Gasteiger partial charge in [0.05, 0.1) is 25.1 Å². The third-order valence-electron chi connectivity index (χ3n) is 2.39. The van der Waals surface area contributed by atoms with E-state index in [0.717, 1.165) is 0 Å². The van der Waals surface area contributed by atoms with Crippen molar-refractivity contribution >= 4 is 18.9 Å². The summed E-state index contributed by atoms with van der Waals surface area (Å²) in [6.07, 6.45) is 0. The standard InChI is InChI=1S/C11H15O6P/c1-14-8-5-6-9(11(12)15-2)10(7-8)18(13,16-3)17-4/h5-7H,1-4H3. The first-order valence-electron chi connectivity index (χ1n) is 5.00. The smallest absolute Gasteiger partial charge is 0.361 e. The molecular weight excluding hydrogens is 259 g/mol. The van der Waals surface area contributed by atoms with E-state index in [2.05, 4.69) is 4.74 Å². The van der Waals surface area contributed by atoms with Crippen LogP contribution in [0.15, 0.2) is 18.2 Å². The highest BCUT2D eigenvalue weighted by atomic mass is 31.2. The van der Waals surface area contributed by atoms with Gasteiger partial charge in [0.2, 0.25) is 0 Å². The molecule has 0 aliphatic heterocycles. The molecule has 0 N–H and O–H groups in total. The van der Waals surface area contributed by atoms with Crippen LogP contribution >= 0.6 is 7.60 Å². The van der Waals surface area contributed by atoms with Crippen molar-refractivity contribution in [2.24, 2.45) is 0 Å². The van der Waals surface area contributed by atoms with E-state index in [-0.39, 0.29) is 10.9 Å². The van der Waals surface area contributed by atoms with Gasteiger partial charge in [0.15, 0.2) is 0 Å². The minimum atomic E-state index is -3.56. The maximum Gasteiger partial charge on any atom is 0.361 e. The molecule has 0 unspecified atom stereocenters. The van der Waals surface area contributed by atoms with Crippen LogP contribution in [-0.4, -0.2) is 34.4 Å². The van der Waals surface area contributed by atoms with Crippen molar-refractivity contribution in [1.29, 1.82) is 0 Å². The second-order valence-electron chi connectivity index (χ2n) is 3.24. The fraction of sp³-hybridized carbons (Fsp3) is 0.364. The van der Waals surface area contributed by atoms with E-state index in [1.807, 2.05) is 0 Å².